The molecule has 0 saturated heterocycles. The van der Waals surface area contributed by atoms with Crippen LogP contribution in [0.25, 0.3) is 0 Å². The second kappa shape index (κ2) is 5.30. The molecule has 5 heteroatoms. The van der Waals surface area contributed by atoms with Crippen molar-refractivity contribution in [2.24, 2.45) is 0 Å². The highest BCUT2D eigenvalue weighted by atomic mass is 32.2. The highest BCUT2D eigenvalue weighted by Crippen LogP contribution is 2.17. The molecule has 2 unspecified atom stereocenters. The van der Waals surface area contributed by atoms with Gasteiger partial charge in [-0.1, -0.05) is 6.08 Å². The zero-order valence-corrected chi connectivity index (χ0v) is 11.4. The number of nitrogens with zero attached hydrogens (tertiary/aromatic N) is 1. The van der Waals surface area contributed by atoms with Gasteiger partial charge in [0.1, 0.15) is 5.60 Å². The summed E-state index contributed by atoms with van der Waals surface area (Å²) in [5.74, 6) is 0.642. The standard InChI is InChI=1S/C13H18N2O2S/c1-13(2,16)12-7-10(3-5-14-12)8-15-11-4-6-18(17)9-11/h3-7,11,15-16H,8-9H2,1-2H3. The molecule has 0 aromatic carbocycles. The molecule has 0 fully saturated rings. The number of hydrogen-bond donors (Lipinski definition) is 2. The molecule has 0 amide bonds. The van der Waals surface area contributed by atoms with E-state index in [0.29, 0.717) is 18.0 Å². The summed E-state index contributed by atoms with van der Waals surface area (Å²) in [5.41, 5.74) is 0.797. The van der Waals surface area contributed by atoms with Gasteiger partial charge in [0, 0.05) is 40.7 Å². The van der Waals surface area contributed by atoms with Crippen LogP contribution >= 0.6 is 0 Å². The van der Waals surface area contributed by atoms with Crippen LogP contribution in [0.15, 0.2) is 29.8 Å². The lowest BCUT2D eigenvalue weighted by Crippen LogP contribution is -2.28. The Kier molecular flexibility index (Phi) is 3.94. The summed E-state index contributed by atoms with van der Waals surface area (Å²) in [5, 5.41) is 14.9. The maximum Gasteiger partial charge on any atom is 0.101 e. The summed E-state index contributed by atoms with van der Waals surface area (Å²) in [6, 6.07) is 3.98. The average Bonchev–Trinajstić information content (AvgIpc) is 2.72. The third-order valence-corrected chi connectivity index (χ3v) is 3.97. The first kappa shape index (κ1) is 13.4. The first-order chi connectivity index (χ1) is 8.45. The summed E-state index contributed by atoms with van der Waals surface area (Å²) in [7, 11) is -0.825. The van der Waals surface area contributed by atoms with E-state index in [0.717, 1.165) is 5.56 Å². The van der Waals surface area contributed by atoms with Crippen LogP contribution in [-0.2, 0) is 22.9 Å². The van der Waals surface area contributed by atoms with Gasteiger partial charge in [-0.2, -0.15) is 0 Å². The van der Waals surface area contributed by atoms with Crippen molar-refractivity contribution in [3.8, 4) is 0 Å². The Morgan fingerprint density at radius 3 is 3.00 bits per heavy atom. The van der Waals surface area contributed by atoms with E-state index in [1.807, 2.05) is 18.2 Å². The third kappa shape index (κ3) is 3.48. The molecule has 18 heavy (non-hydrogen) atoms. The molecule has 4 nitrogen and oxygen atoms in total. The molecule has 2 atom stereocenters. The van der Waals surface area contributed by atoms with Gasteiger partial charge in [-0.15, -0.1) is 0 Å². The largest absolute Gasteiger partial charge is 0.384 e. The number of hydrogen-bond acceptors (Lipinski definition) is 4. The highest BCUT2D eigenvalue weighted by Gasteiger charge is 2.18. The zero-order chi connectivity index (χ0) is 13.2. The van der Waals surface area contributed by atoms with Crippen molar-refractivity contribution in [2.45, 2.75) is 32.0 Å². The second-order valence-corrected chi connectivity index (χ2v) is 6.34. The Labute approximate surface area is 110 Å². The van der Waals surface area contributed by atoms with E-state index >= 15 is 0 Å². The maximum atomic E-state index is 11.2. The van der Waals surface area contributed by atoms with Gasteiger partial charge in [0.05, 0.1) is 5.69 Å². The lowest BCUT2D eigenvalue weighted by Gasteiger charge is -2.17. The van der Waals surface area contributed by atoms with Crippen molar-refractivity contribution in [3.63, 3.8) is 0 Å². The minimum atomic E-state index is -0.926. The number of pyridine rings is 1. The maximum absolute atomic E-state index is 11.2. The summed E-state index contributed by atoms with van der Waals surface area (Å²) in [4.78, 5) is 4.16. The topological polar surface area (TPSA) is 62.2 Å². The molecular formula is C13H18N2O2S. The summed E-state index contributed by atoms with van der Waals surface area (Å²) in [6.45, 7) is 4.11. The second-order valence-electron chi connectivity index (χ2n) is 4.97. The predicted molar refractivity (Wildman–Crippen MR) is 72.3 cm³/mol. The van der Waals surface area contributed by atoms with Crippen molar-refractivity contribution >= 4 is 10.8 Å². The third-order valence-electron chi connectivity index (χ3n) is 2.83. The van der Waals surface area contributed by atoms with Crippen LogP contribution in [0.2, 0.25) is 0 Å². The zero-order valence-electron chi connectivity index (χ0n) is 10.6. The van der Waals surface area contributed by atoms with Crippen molar-refractivity contribution < 1.29 is 9.32 Å². The Hall–Kier alpha value is -1.04. The molecule has 0 bridgehead atoms. The first-order valence-corrected chi connectivity index (χ1v) is 7.30. The Morgan fingerprint density at radius 2 is 2.39 bits per heavy atom. The molecule has 0 spiro atoms. The number of rotatable bonds is 4. The molecular weight excluding hydrogens is 248 g/mol. The van der Waals surface area contributed by atoms with Crippen molar-refractivity contribution in [1.29, 1.82) is 0 Å². The van der Waals surface area contributed by atoms with Crippen LogP contribution in [0.4, 0.5) is 0 Å². The van der Waals surface area contributed by atoms with Gasteiger partial charge in [0.2, 0.25) is 0 Å². The van der Waals surface area contributed by atoms with Gasteiger partial charge in [-0.05, 0) is 31.5 Å². The molecule has 0 saturated carbocycles. The van der Waals surface area contributed by atoms with E-state index < -0.39 is 16.4 Å². The van der Waals surface area contributed by atoms with Gasteiger partial charge >= 0.3 is 0 Å². The molecule has 1 aromatic heterocycles. The molecule has 1 aliphatic heterocycles. The van der Waals surface area contributed by atoms with Crippen molar-refractivity contribution in [1.82, 2.24) is 10.3 Å². The smallest absolute Gasteiger partial charge is 0.101 e. The lowest BCUT2D eigenvalue weighted by atomic mass is 10.0. The fourth-order valence-corrected chi connectivity index (χ4v) is 2.82. The van der Waals surface area contributed by atoms with E-state index in [-0.39, 0.29) is 6.04 Å². The highest BCUT2D eigenvalue weighted by molar-refractivity contribution is 7.88. The molecule has 2 heterocycles. The Bertz CT molecular complexity index is 480. The van der Waals surface area contributed by atoms with E-state index in [2.05, 4.69) is 10.3 Å². The van der Waals surface area contributed by atoms with Gasteiger partial charge in [-0.25, -0.2) is 0 Å². The van der Waals surface area contributed by atoms with Gasteiger partial charge in [0.25, 0.3) is 0 Å². The minimum absolute atomic E-state index is 0.171. The van der Waals surface area contributed by atoms with Crippen LogP contribution in [0.1, 0.15) is 25.1 Å². The van der Waals surface area contributed by atoms with Gasteiger partial charge in [0.15, 0.2) is 0 Å². The van der Waals surface area contributed by atoms with Crippen LogP contribution in [0.5, 0.6) is 0 Å². The van der Waals surface area contributed by atoms with E-state index in [1.165, 1.54) is 0 Å². The minimum Gasteiger partial charge on any atom is -0.384 e. The monoisotopic (exact) mass is 266 g/mol. The average molecular weight is 266 g/mol. The van der Waals surface area contributed by atoms with E-state index in [1.54, 1.807) is 25.5 Å². The van der Waals surface area contributed by atoms with Crippen molar-refractivity contribution in [3.05, 3.63) is 41.1 Å². The van der Waals surface area contributed by atoms with E-state index in [9.17, 15) is 9.32 Å². The van der Waals surface area contributed by atoms with Crippen LogP contribution in [0, 0.1) is 0 Å². The Morgan fingerprint density at radius 1 is 1.61 bits per heavy atom. The van der Waals surface area contributed by atoms with Gasteiger partial charge in [-0.3, -0.25) is 9.19 Å². The predicted octanol–water partition coefficient (Wildman–Crippen LogP) is 1.04. The van der Waals surface area contributed by atoms with Gasteiger partial charge < -0.3 is 10.4 Å². The fraction of sp³-hybridized carbons (Fsp3) is 0.462. The quantitative estimate of drug-likeness (QED) is 0.855. The molecule has 0 aliphatic carbocycles. The SMILES string of the molecule is CC(C)(O)c1cc(CNC2C=CS(=O)C2)ccn1. The molecule has 98 valence electrons. The lowest BCUT2D eigenvalue weighted by molar-refractivity contribution is 0.0737. The molecule has 2 rings (SSSR count). The van der Waals surface area contributed by atoms with E-state index in [4.69, 9.17) is 0 Å². The Balaban J connectivity index is 1.98. The normalized spacial score (nSPS) is 23.5. The molecule has 2 N–H and O–H groups in total. The van der Waals surface area contributed by atoms with Crippen LogP contribution < -0.4 is 5.32 Å². The summed E-state index contributed by atoms with van der Waals surface area (Å²) >= 11 is 0. The molecule has 1 aliphatic rings. The summed E-state index contributed by atoms with van der Waals surface area (Å²) < 4.78 is 11.2. The molecule has 0 radical (unpaired) electrons. The summed E-state index contributed by atoms with van der Waals surface area (Å²) in [6.07, 6.45) is 3.64. The van der Waals surface area contributed by atoms with Crippen LogP contribution in [0.3, 0.4) is 0 Å². The number of aliphatic hydroxyl groups is 1. The molecule has 1 aromatic rings. The number of nitrogens with one attached hydrogen (secondary N) is 1. The first-order valence-electron chi connectivity index (χ1n) is 5.92. The fourth-order valence-electron chi connectivity index (χ4n) is 1.77. The van der Waals surface area contributed by atoms with Crippen LogP contribution in [-0.4, -0.2) is 26.1 Å². The number of aromatic nitrogens is 1. The van der Waals surface area contributed by atoms with Crippen molar-refractivity contribution in [2.75, 3.05) is 5.75 Å².